The summed E-state index contributed by atoms with van der Waals surface area (Å²) in [6.45, 7) is 3.83. The van der Waals surface area contributed by atoms with Gasteiger partial charge in [0, 0.05) is 62.2 Å². The van der Waals surface area contributed by atoms with Gasteiger partial charge >= 0.3 is 5.97 Å². The number of benzene rings is 2. The Labute approximate surface area is 254 Å². The summed E-state index contributed by atoms with van der Waals surface area (Å²) in [6.07, 6.45) is 8.59. The van der Waals surface area contributed by atoms with Gasteiger partial charge in [0.2, 0.25) is 5.91 Å². The number of nitrogens with one attached hydrogen (secondary N) is 2. The molecule has 1 aromatic heterocycles. The highest BCUT2D eigenvalue weighted by Gasteiger charge is 2.42. The maximum absolute atomic E-state index is 13.7. The van der Waals surface area contributed by atoms with Crippen LogP contribution < -0.4 is 15.4 Å². The van der Waals surface area contributed by atoms with Gasteiger partial charge in [0.05, 0.1) is 29.4 Å². The van der Waals surface area contributed by atoms with Crippen molar-refractivity contribution < 1.29 is 23.5 Å². The van der Waals surface area contributed by atoms with Crippen molar-refractivity contribution in [3.05, 3.63) is 59.7 Å². The molecule has 2 saturated heterocycles. The fourth-order valence-corrected chi connectivity index (χ4v) is 5.74. The molecular formula is C31H34ClFN6O4. The van der Waals surface area contributed by atoms with Gasteiger partial charge in [0.1, 0.15) is 29.3 Å². The van der Waals surface area contributed by atoms with Crippen LogP contribution in [0.3, 0.4) is 0 Å². The molecule has 3 fully saturated rings. The number of esters is 1. The van der Waals surface area contributed by atoms with Gasteiger partial charge in [-0.15, -0.1) is 0 Å². The lowest BCUT2D eigenvalue weighted by molar-refractivity contribution is -0.179. The summed E-state index contributed by atoms with van der Waals surface area (Å²) in [5, 5.41) is 6.77. The molecule has 3 aromatic rings. The lowest BCUT2D eigenvalue weighted by atomic mass is 9.89. The van der Waals surface area contributed by atoms with Crippen molar-refractivity contribution in [3.8, 4) is 5.75 Å². The number of anilines is 3. The number of hydrogen-bond donors (Lipinski definition) is 2. The van der Waals surface area contributed by atoms with Crippen LogP contribution >= 0.6 is 11.6 Å². The molecule has 0 atom stereocenters. The molecule has 0 bridgehead atoms. The van der Waals surface area contributed by atoms with E-state index in [4.69, 9.17) is 21.1 Å². The molecule has 10 nitrogen and oxygen atoms in total. The van der Waals surface area contributed by atoms with E-state index in [2.05, 4.69) is 25.5 Å². The Morgan fingerprint density at radius 3 is 2.79 bits per heavy atom. The van der Waals surface area contributed by atoms with Gasteiger partial charge in [-0.2, -0.15) is 0 Å². The van der Waals surface area contributed by atoms with Gasteiger partial charge in [-0.25, -0.2) is 14.4 Å². The number of fused-ring (bicyclic) bond motifs is 1. The first-order chi connectivity index (χ1) is 20.7. The number of ether oxygens (including phenoxy) is 2. The van der Waals surface area contributed by atoms with Crippen LogP contribution in [0.4, 0.5) is 21.6 Å². The molecule has 0 unspecified atom stereocenters. The van der Waals surface area contributed by atoms with Crippen LogP contribution in [-0.4, -0.2) is 83.6 Å². The van der Waals surface area contributed by atoms with E-state index in [9.17, 15) is 14.0 Å². The molecule has 2 N–H and O–H groups in total. The van der Waals surface area contributed by atoms with Gasteiger partial charge in [0.15, 0.2) is 0 Å². The highest BCUT2D eigenvalue weighted by molar-refractivity contribution is 6.31. The first kappa shape index (κ1) is 29.3. The zero-order valence-electron chi connectivity index (χ0n) is 23.9. The molecule has 6 rings (SSSR count). The van der Waals surface area contributed by atoms with Crippen molar-refractivity contribution in [1.82, 2.24) is 19.8 Å². The Morgan fingerprint density at radius 2 is 2.05 bits per heavy atom. The summed E-state index contributed by atoms with van der Waals surface area (Å²) in [5.74, 6) is 0.563. The topological polar surface area (TPSA) is 109 Å². The zero-order valence-corrected chi connectivity index (χ0v) is 24.7. The lowest BCUT2D eigenvalue weighted by Gasteiger charge is -2.45. The molecule has 1 amide bonds. The molecule has 2 aromatic carbocycles. The molecule has 3 aliphatic rings. The van der Waals surface area contributed by atoms with Crippen molar-refractivity contribution in [2.24, 2.45) is 5.92 Å². The van der Waals surface area contributed by atoms with Crippen LogP contribution in [-0.2, 0) is 14.3 Å². The van der Waals surface area contributed by atoms with Crippen LogP contribution in [0.5, 0.6) is 5.75 Å². The minimum absolute atomic E-state index is 0.00653. The minimum Gasteiger partial charge on any atom is -0.491 e. The number of amides is 1. The minimum atomic E-state index is -0.512. The molecule has 12 heteroatoms. The Hall–Kier alpha value is -3.80. The molecular weight excluding hydrogens is 575 g/mol. The Kier molecular flexibility index (Phi) is 8.47. The van der Waals surface area contributed by atoms with Crippen LogP contribution in [0.2, 0.25) is 5.02 Å². The second-order valence-electron chi connectivity index (χ2n) is 11.6. The number of carbonyl (C=O) groups excluding carboxylic acids is 2. The summed E-state index contributed by atoms with van der Waals surface area (Å²) >= 11 is 5.96. The van der Waals surface area contributed by atoms with Crippen molar-refractivity contribution >= 4 is 51.6 Å². The molecule has 226 valence electrons. The second-order valence-corrected chi connectivity index (χ2v) is 12.0. The molecule has 1 saturated carbocycles. The monoisotopic (exact) mass is 608 g/mol. The highest BCUT2D eigenvalue weighted by Crippen LogP contribution is 2.36. The van der Waals surface area contributed by atoms with E-state index in [1.807, 2.05) is 18.0 Å². The standard InChI is InChI=1S/C31H34ClFN6O4/c1-38-16-29(41)43-31(18-38)8-11-39(12-9-31)10-2-3-28(40)37-26-14-22-25(15-27(26)42-17-20-4-5-20)34-19-35-30(22)36-21-6-7-24(33)23(32)13-21/h2-3,6-7,13-15,19-20H,4-5,8-12,16-18H2,1H3,(H,37,40)(H,34,35,36). The summed E-state index contributed by atoms with van der Waals surface area (Å²) in [5.41, 5.74) is 1.28. The Morgan fingerprint density at radius 1 is 1.23 bits per heavy atom. The normalized spacial score (nSPS) is 19.1. The van der Waals surface area contributed by atoms with Crippen LogP contribution in [0, 0.1) is 11.7 Å². The molecule has 43 heavy (non-hydrogen) atoms. The average molecular weight is 609 g/mol. The van der Waals surface area contributed by atoms with E-state index >= 15 is 0 Å². The Balaban J connectivity index is 1.14. The fraction of sp³-hybridized carbons (Fsp3) is 0.419. The molecule has 3 heterocycles. The van der Waals surface area contributed by atoms with Gasteiger partial charge in [0.25, 0.3) is 0 Å². The molecule has 2 aliphatic heterocycles. The largest absolute Gasteiger partial charge is 0.491 e. The highest BCUT2D eigenvalue weighted by atomic mass is 35.5. The summed E-state index contributed by atoms with van der Waals surface area (Å²) < 4.78 is 25.5. The number of aromatic nitrogens is 2. The van der Waals surface area contributed by atoms with Gasteiger partial charge in [-0.05, 0) is 50.1 Å². The SMILES string of the molecule is CN1CC(=O)OC2(CCN(CC=CC(=O)Nc3cc4c(Nc5ccc(F)c(Cl)c5)ncnc4cc3OCC3CC3)CC2)C1. The van der Waals surface area contributed by atoms with Gasteiger partial charge in [-0.3, -0.25) is 19.4 Å². The lowest BCUT2D eigenvalue weighted by Crippen LogP contribution is -2.57. The van der Waals surface area contributed by atoms with E-state index in [0.29, 0.717) is 59.5 Å². The summed E-state index contributed by atoms with van der Waals surface area (Å²) in [4.78, 5) is 38.0. The molecule has 1 spiro atoms. The summed E-state index contributed by atoms with van der Waals surface area (Å²) in [7, 11) is 1.94. The molecule has 0 radical (unpaired) electrons. The number of likely N-dealkylation sites (tertiary alicyclic amines) is 1. The van der Waals surface area contributed by atoms with Gasteiger partial charge in [-0.1, -0.05) is 17.7 Å². The number of nitrogens with zero attached hydrogens (tertiary/aromatic N) is 4. The number of rotatable bonds is 9. The number of carbonyl (C=O) groups is 2. The zero-order chi connectivity index (χ0) is 30.0. The van der Waals surface area contributed by atoms with Crippen molar-refractivity contribution in [1.29, 1.82) is 0 Å². The maximum Gasteiger partial charge on any atom is 0.320 e. The third-order valence-electron chi connectivity index (χ3n) is 8.04. The third-order valence-corrected chi connectivity index (χ3v) is 8.33. The number of piperidine rings is 1. The van der Waals surface area contributed by atoms with Crippen molar-refractivity contribution in [2.45, 2.75) is 31.3 Å². The van der Waals surface area contributed by atoms with E-state index in [-0.39, 0.29) is 16.9 Å². The molecule has 1 aliphatic carbocycles. The average Bonchev–Trinajstić information content (AvgIpc) is 3.79. The second kappa shape index (κ2) is 12.4. The van der Waals surface area contributed by atoms with Crippen LogP contribution in [0.15, 0.2) is 48.8 Å². The summed E-state index contributed by atoms with van der Waals surface area (Å²) in [6, 6.07) is 7.90. The van der Waals surface area contributed by atoms with E-state index < -0.39 is 11.4 Å². The predicted molar refractivity (Wildman–Crippen MR) is 162 cm³/mol. The predicted octanol–water partition coefficient (Wildman–Crippen LogP) is 4.77. The third kappa shape index (κ3) is 7.23. The number of halogens is 2. The first-order valence-corrected chi connectivity index (χ1v) is 14.9. The van der Waals surface area contributed by atoms with Gasteiger partial charge < -0.3 is 20.1 Å². The number of likely N-dealkylation sites (N-methyl/N-ethyl adjacent to an activating group) is 1. The van der Waals surface area contributed by atoms with Crippen molar-refractivity contribution in [3.63, 3.8) is 0 Å². The number of hydrogen-bond acceptors (Lipinski definition) is 9. The van der Waals surface area contributed by atoms with E-state index in [1.54, 1.807) is 18.2 Å². The van der Waals surface area contributed by atoms with Crippen LogP contribution in [0.1, 0.15) is 25.7 Å². The fourth-order valence-electron chi connectivity index (χ4n) is 5.56. The van der Waals surface area contributed by atoms with E-state index in [0.717, 1.165) is 45.3 Å². The first-order valence-electron chi connectivity index (χ1n) is 14.5. The quantitative estimate of drug-likeness (QED) is 0.262. The maximum atomic E-state index is 13.7. The smallest absolute Gasteiger partial charge is 0.320 e. The number of morpholine rings is 1. The van der Waals surface area contributed by atoms with Crippen molar-refractivity contribution in [2.75, 3.05) is 57.0 Å². The van der Waals surface area contributed by atoms with E-state index in [1.165, 1.54) is 24.5 Å². The van der Waals surface area contributed by atoms with Crippen LogP contribution in [0.25, 0.3) is 10.9 Å². The Bertz CT molecular complexity index is 1560.